The quantitative estimate of drug-likeness (QED) is 0.410. The highest BCUT2D eigenvalue weighted by Gasteiger charge is 2.35. The van der Waals surface area contributed by atoms with E-state index in [1.165, 1.54) is 12.1 Å². The normalized spacial score (nSPS) is 19.2. The number of alkyl halides is 3. The molecule has 2 fully saturated rings. The summed E-state index contributed by atoms with van der Waals surface area (Å²) >= 11 is 0. The van der Waals surface area contributed by atoms with Crippen molar-refractivity contribution in [1.82, 2.24) is 24.4 Å². The fourth-order valence-corrected chi connectivity index (χ4v) is 5.29. The Balaban J connectivity index is 1.40. The fourth-order valence-electron chi connectivity index (χ4n) is 5.29. The van der Waals surface area contributed by atoms with Crippen molar-refractivity contribution in [2.75, 3.05) is 39.5 Å². The van der Waals surface area contributed by atoms with Crippen molar-refractivity contribution < 1.29 is 22.6 Å². The van der Waals surface area contributed by atoms with Crippen LogP contribution in [-0.2, 0) is 17.5 Å². The van der Waals surface area contributed by atoms with Crippen molar-refractivity contribution in [1.29, 1.82) is 5.26 Å². The van der Waals surface area contributed by atoms with E-state index in [0.29, 0.717) is 36.8 Å². The highest BCUT2D eigenvalue weighted by atomic mass is 19.4. The second kappa shape index (κ2) is 11.3. The number of rotatable bonds is 8. The predicted molar refractivity (Wildman–Crippen MR) is 134 cm³/mol. The Labute approximate surface area is 219 Å². The van der Waals surface area contributed by atoms with Gasteiger partial charge in [-0.05, 0) is 69.4 Å². The molecule has 5 rings (SSSR count). The molecule has 0 bridgehead atoms. The Morgan fingerprint density at radius 1 is 1.16 bits per heavy atom. The first-order valence-corrected chi connectivity index (χ1v) is 13.1. The van der Waals surface area contributed by atoms with Gasteiger partial charge in [0, 0.05) is 24.6 Å². The van der Waals surface area contributed by atoms with E-state index < -0.39 is 11.7 Å². The van der Waals surface area contributed by atoms with Crippen LogP contribution in [0, 0.1) is 23.2 Å². The lowest BCUT2D eigenvalue weighted by Crippen LogP contribution is -2.33. The van der Waals surface area contributed by atoms with Crippen LogP contribution in [0.4, 0.5) is 13.2 Å². The van der Waals surface area contributed by atoms with Gasteiger partial charge in [0.1, 0.15) is 23.0 Å². The number of imidazole rings is 1. The van der Waals surface area contributed by atoms with Crippen molar-refractivity contribution in [3.05, 3.63) is 35.9 Å². The maximum atomic E-state index is 14.1. The van der Waals surface area contributed by atoms with Gasteiger partial charge < -0.3 is 18.9 Å². The molecule has 2 aliphatic rings. The van der Waals surface area contributed by atoms with E-state index in [0.717, 1.165) is 51.4 Å². The van der Waals surface area contributed by atoms with Gasteiger partial charge in [-0.15, -0.1) is 0 Å². The molecule has 11 heteroatoms. The molecule has 3 aromatic rings. The second-order valence-corrected chi connectivity index (χ2v) is 10.0. The second-order valence-electron chi connectivity index (χ2n) is 10.0. The molecule has 0 radical (unpaired) electrons. The number of nitriles is 1. The van der Waals surface area contributed by atoms with E-state index in [-0.39, 0.29) is 35.4 Å². The lowest BCUT2D eigenvalue weighted by Gasteiger charge is -2.31. The highest BCUT2D eigenvalue weighted by molar-refractivity contribution is 5.88. The Morgan fingerprint density at radius 2 is 1.97 bits per heavy atom. The maximum Gasteiger partial charge on any atom is 0.419 e. The van der Waals surface area contributed by atoms with Gasteiger partial charge >= 0.3 is 6.18 Å². The number of hydrogen-bond donors (Lipinski definition) is 0. The molecule has 0 spiro atoms. The average Bonchev–Trinajstić information content (AvgIpc) is 3.58. The number of benzene rings is 1. The largest absolute Gasteiger partial charge is 0.493 e. The molecule has 0 N–H and O–H groups in total. The highest BCUT2D eigenvalue weighted by Crippen LogP contribution is 2.39. The third-order valence-corrected chi connectivity index (χ3v) is 7.54. The number of likely N-dealkylation sites (tertiary alicyclic amines) is 1. The minimum atomic E-state index is -4.62. The van der Waals surface area contributed by atoms with Crippen LogP contribution < -0.4 is 4.74 Å². The van der Waals surface area contributed by atoms with Crippen molar-refractivity contribution >= 4 is 11.2 Å². The number of ether oxygens (including phenoxy) is 2. The van der Waals surface area contributed by atoms with Crippen molar-refractivity contribution in [3.8, 4) is 23.1 Å². The third-order valence-electron chi connectivity index (χ3n) is 7.54. The topological polar surface area (TPSA) is 89.1 Å². The lowest BCUT2D eigenvalue weighted by atomic mass is 9.94. The summed E-state index contributed by atoms with van der Waals surface area (Å²) in [4.78, 5) is 15.3. The minimum absolute atomic E-state index is 0.125. The van der Waals surface area contributed by atoms with E-state index in [9.17, 15) is 18.4 Å². The minimum Gasteiger partial charge on any atom is -0.493 e. The van der Waals surface area contributed by atoms with Gasteiger partial charge in [0.05, 0.1) is 25.1 Å². The zero-order valence-electron chi connectivity index (χ0n) is 21.4. The number of fused-ring (bicyclic) bond motifs is 1. The summed E-state index contributed by atoms with van der Waals surface area (Å²) in [7, 11) is 0. The number of nitrogens with zero attached hydrogens (tertiary/aromatic N) is 6. The Bertz CT molecular complexity index is 1300. The zero-order chi connectivity index (χ0) is 26.7. The van der Waals surface area contributed by atoms with E-state index >= 15 is 0 Å². The molecule has 0 saturated carbocycles. The molecule has 2 saturated heterocycles. The fraction of sp³-hybridized carbons (Fsp3) is 0.556. The van der Waals surface area contributed by atoms with Gasteiger partial charge in [0.15, 0.2) is 5.65 Å². The van der Waals surface area contributed by atoms with Crippen LogP contribution in [0.5, 0.6) is 5.75 Å². The first-order chi connectivity index (χ1) is 18.4. The molecule has 8 nitrogen and oxygen atoms in total. The van der Waals surface area contributed by atoms with Crippen LogP contribution in [-0.4, -0.2) is 63.9 Å². The van der Waals surface area contributed by atoms with Gasteiger partial charge in [-0.2, -0.15) is 23.4 Å². The molecule has 38 heavy (non-hydrogen) atoms. The maximum absolute atomic E-state index is 14.1. The van der Waals surface area contributed by atoms with E-state index in [4.69, 9.17) is 9.47 Å². The molecule has 1 unspecified atom stereocenters. The smallest absolute Gasteiger partial charge is 0.419 e. The molecule has 2 aliphatic heterocycles. The van der Waals surface area contributed by atoms with Crippen molar-refractivity contribution in [2.24, 2.45) is 11.8 Å². The summed E-state index contributed by atoms with van der Waals surface area (Å²) in [5.74, 6) is 0.407. The van der Waals surface area contributed by atoms with Gasteiger partial charge in [-0.25, -0.2) is 9.97 Å². The zero-order valence-corrected chi connectivity index (χ0v) is 21.4. The van der Waals surface area contributed by atoms with Crippen molar-refractivity contribution in [3.63, 3.8) is 0 Å². The summed E-state index contributed by atoms with van der Waals surface area (Å²) in [5.41, 5.74) is 0.288. The molecule has 202 valence electrons. The Hall–Kier alpha value is -3.23. The summed E-state index contributed by atoms with van der Waals surface area (Å²) < 4.78 is 55.2. The van der Waals surface area contributed by atoms with Gasteiger partial charge in [0.25, 0.3) is 0 Å². The molecular formula is C27H31F3N6O2. The molecule has 0 amide bonds. The van der Waals surface area contributed by atoms with Gasteiger partial charge in [-0.3, -0.25) is 0 Å². The van der Waals surface area contributed by atoms with Crippen LogP contribution >= 0.6 is 0 Å². The number of hydrogen-bond acceptors (Lipinski definition) is 7. The van der Waals surface area contributed by atoms with E-state index in [2.05, 4.69) is 26.8 Å². The average molecular weight is 529 g/mol. The summed E-state index contributed by atoms with van der Waals surface area (Å²) in [5, 5.41) is 9.51. The number of aromatic nitrogens is 4. The summed E-state index contributed by atoms with van der Waals surface area (Å²) in [6.45, 7) is 7.33. The SMILES string of the molecule is CCN1CCC(CCOc2ccc(-c3nc(C#N)nc4c3ncn4CC3CCOC3)cc2C(F)(F)F)CC1. The Kier molecular flexibility index (Phi) is 7.81. The monoisotopic (exact) mass is 528 g/mol. The van der Waals surface area contributed by atoms with Crippen molar-refractivity contribution in [2.45, 2.75) is 45.3 Å². The lowest BCUT2D eigenvalue weighted by molar-refractivity contribution is -0.138. The number of piperidine rings is 1. The van der Waals surface area contributed by atoms with Gasteiger partial charge in [-0.1, -0.05) is 6.92 Å². The number of halogens is 3. The third kappa shape index (κ3) is 5.76. The van der Waals surface area contributed by atoms with Gasteiger partial charge in [0.2, 0.25) is 5.82 Å². The Morgan fingerprint density at radius 3 is 2.66 bits per heavy atom. The van der Waals surface area contributed by atoms with Crippen LogP contribution in [0.15, 0.2) is 24.5 Å². The molecule has 0 aliphatic carbocycles. The van der Waals surface area contributed by atoms with Crippen LogP contribution in [0.25, 0.3) is 22.4 Å². The van der Waals surface area contributed by atoms with E-state index in [1.54, 1.807) is 6.33 Å². The summed E-state index contributed by atoms with van der Waals surface area (Å²) in [6.07, 6.45) is 0.662. The molecule has 1 atom stereocenters. The summed E-state index contributed by atoms with van der Waals surface area (Å²) in [6, 6.07) is 5.83. The predicted octanol–water partition coefficient (Wildman–Crippen LogP) is 4.92. The van der Waals surface area contributed by atoms with Crippen LogP contribution in [0.3, 0.4) is 0 Å². The standard InChI is InChI=1S/C27H31F3N6O2/c1-2-35-9-5-18(6-10-35)8-12-38-22-4-3-20(13-21(22)27(28,29)30)24-25-26(34-23(14-31)33-24)36(17-32-25)15-19-7-11-37-16-19/h3-4,13,17-19H,2,5-12,15-16H2,1H3. The molecule has 4 heterocycles. The molecular weight excluding hydrogens is 497 g/mol. The molecule has 1 aromatic carbocycles. The van der Waals surface area contributed by atoms with Crippen LogP contribution in [0.1, 0.15) is 44.0 Å². The first-order valence-electron chi connectivity index (χ1n) is 13.1. The first kappa shape index (κ1) is 26.4. The van der Waals surface area contributed by atoms with Crippen LogP contribution in [0.2, 0.25) is 0 Å². The molecule has 2 aromatic heterocycles. The van der Waals surface area contributed by atoms with E-state index in [1.807, 2.05) is 10.6 Å².